The molecule has 2 N–H and O–H groups in total. The molecule has 0 aliphatic carbocycles. The molecular weight excluding hydrogens is 298 g/mol. The van der Waals surface area contributed by atoms with Gasteiger partial charge in [-0.25, -0.2) is 4.99 Å². The summed E-state index contributed by atoms with van der Waals surface area (Å²) in [5.74, 6) is 0.798. The van der Waals surface area contributed by atoms with Crippen molar-refractivity contribution >= 4 is 11.8 Å². The Morgan fingerprint density at radius 1 is 1.29 bits per heavy atom. The summed E-state index contributed by atoms with van der Waals surface area (Å²) in [4.78, 5) is 11.4. The van der Waals surface area contributed by atoms with E-state index in [0.717, 1.165) is 35.0 Å². The lowest BCUT2D eigenvalue weighted by molar-refractivity contribution is 0.303. The summed E-state index contributed by atoms with van der Waals surface area (Å²) < 4.78 is 5.52. The molecule has 4 heteroatoms. The summed E-state index contributed by atoms with van der Waals surface area (Å²) in [7, 11) is 1.69. The van der Waals surface area contributed by atoms with Crippen molar-refractivity contribution < 1.29 is 4.74 Å². The van der Waals surface area contributed by atoms with Gasteiger partial charge in [-0.1, -0.05) is 19.8 Å². The van der Waals surface area contributed by atoms with Gasteiger partial charge in [-0.15, -0.1) is 0 Å². The van der Waals surface area contributed by atoms with Crippen molar-refractivity contribution in [3.05, 3.63) is 64.6 Å². The van der Waals surface area contributed by atoms with Crippen LogP contribution in [0.1, 0.15) is 48.8 Å². The summed E-state index contributed by atoms with van der Waals surface area (Å²) in [5, 5.41) is 0. The van der Waals surface area contributed by atoms with Gasteiger partial charge in [-0.05, 0) is 49.6 Å². The zero-order valence-electron chi connectivity index (χ0n) is 14.6. The molecule has 0 saturated carbocycles. The quantitative estimate of drug-likeness (QED) is 0.709. The molecule has 0 fully saturated rings. The Hall–Kier alpha value is -2.49. The summed E-state index contributed by atoms with van der Waals surface area (Å²) in [5.41, 5.74) is 6.44. The van der Waals surface area contributed by atoms with E-state index in [1.165, 1.54) is 30.5 Å². The number of hydrogen-bond donors (Lipinski definition) is 2. The Morgan fingerprint density at radius 2 is 2.17 bits per heavy atom. The monoisotopic (exact) mass is 323 g/mol. The summed E-state index contributed by atoms with van der Waals surface area (Å²) in [6, 6.07) is 6.23. The number of aryl methyl sites for hydroxylation is 2. The third kappa shape index (κ3) is 3.53. The molecule has 1 aliphatic rings. The van der Waals surface area contributed by atoms with Crippen LogP contribution in [-0.2, 0) is 11.2 Å². The fourth-order valence-electron chi connectivity index (χ4n) is 3.02. The van der Waals surface area contributed by atoms with Crippen LogP contribution in [0.5, 0.6) is 0 Å². The maximum absolute atomic E-state index is 5.52. The molecule has 3 rings (SSSR count). The minimum atomic E-state index is 0.798. The molecule has 0 aromatic carbocycles. The fourth-order valence-corrected chi connectivity index (χ4v) is 3.02. The number of allylic oxidation sites excluding steroid dienone is 1. The summed E-state index contributed by atoms with van der Waals surface area (Å²) in [6.45, 7) is 4.33. The second kappa shape index (κ2) is 7.39. The van der Waals surface area contributed by atoms with Crippen molar-refractivity contribution in [3.63, 3.8) is 0 Å². The first-order valence-corrected chi connectivity index (χ1v) is 8.60. The highest BCUT2D eigenvalue weighted by molar-refractivity contribution is 6.11. The van der Waals surface area contributed by atoms with Gasteiger partial charge in [0.2, 0.25) is 0 Å². The second-order valence-electron chi connectivity index (χ2n) is 6.17. The molecule has 0 spiro atoms. The van der Waals surface area contributed by atoms with Crippen LogP contribution in [-0.4, -0.2) is 22.8 Å². The molecule has 0 atom stereocenters. The first-order chi connectivity index (χ1) is 11.7. The average Bonchev–Trinajstić information content (AvgIpc) is 3.28. The van der Waals surface area contributed by atoms with Crippen molar-refractivity contribution in [2.45, 2.75) is 39.5 Å². The van der Waals surface area contributed by atoms with Gasteiger partial charge >= 0.3 is 0 Å². The van der Waals surface area contributed by atoms with Gasteiger partial charge in [0.05, 0.1) is 18.5 Å². The normalized spacial score (nSPS) is 15.7. The zero-order valence-corrected chi connectivity index (χ0v) is 14.6. The lowest BCUT2D eigenvalue weighted by atomic mass is 10.1. The molecule has 0 saturated heterocycles. The van der Waals surface area contributed by atoms with Crippen LogP contribution in [0.2, 0.25) is 0 Å². The third-order valence-corrected chi connectivity index (χ3v) is 4.25. The number of hydrogen-bond acceptors (Lipinski definition) is 2. The zero-order chi connectivity index (χ0) is 16.9. The van der Waals surface area contributed by atoms with E-state index in [1.807, 2.05) is 24.4 Å². The van der Waals surface area contributed by atoms with Crippen LogP contribution in [0.3, 0.4) is 0 Å². The highest BCUT2D eigenvalue weighted by Crippen LogP contribution is 2.26. The lowest BCUT2D eigenvalue weighted by Gasteiger charge is -2.03. The molecule has 0 amide bonds. The molecule has 126 valence electrons. The minimum Gasteiger partial charge on any atom is -0.494 e. The highest BCUT2D eigenvalue weighted by atomic mass is 16.5. The topological polar surface area (TPSA) is 53.2 Å². The van der Waals surface area contributed by atoms with Gasteiger partial charge in [0, 0.05) is 23.7 Å². The summed E-state index contributed by atoms with van der Waals surface area (Å²) >= 11 is 0. The Kier molecular flexibility index (Phi) is 5.04. The molecule has 0 unspecified atom stereocenters. The van der Waals surface area contributed by atoms with Crippen molar-refractivity contribution in [3.8, 4) is 0 Å². The van der Waals surface area contributed by atoms with Crippen LogP contribution >= 0.6 is 0 Å². The van der Waals surface area contributed by atoms with E-state index >= 15 is 0 Å². The Bertz CT molecular complexity index is 776. The SMILES string of the molecule is CCCCCc1cc(C)[nH]c1/C=C1\N=C(c2ccc[nH]2)C=C1OC. The number of unbranched alkanes of at least 4 members (excludes halogenated alkanes) is 2. The fraction of sp³-hybridized carbons (Fsp3) is 0.350. The van der Waals surface area contributed by atoms with Crippen molar-refractivity contribution in [2.75, 3.05) is 7.11 Å². The predicted molar refractivity (Wildman–Crippen MR) is 99.2 cm³/mol. The van der Waals surface area contributed by atoms with E-state index in [2.05, 4.69) is 36.0 Å². The number of aromatic amines is 2. The Balaban J connectivity index is 1.89. The number of ether oxygens (including phenoxy) is 1. The molecule has 24 heavy (non-hydrogen) atoms. The molecule has 1 aliphatic heterocycles. The van der Waals surface area contributed by atoms with Crippen LogP contribution < -0.4 is 0 Å². The molecular formula is C20H25N3O. The average molecular weight is 323 g/mol. The van der Waals surface area contributed by atoms with Crippen molar-refractivity contribution in [2.24, 2.45) is 4.99 Å². The molecule has 2 aromatic rings. The van der Waals surface area contributed by atoms with Crippen LogP contribution in [0, 0.1) is 6.92 Å². The number of H-pyrrole nitrogens is 2. The van der Waals surface area contributed by atoms with Gasteiger partial charge in [-0.2, -0.15) is 0 Å². The smallest absolute Gasteiger partial charge is 0.146 e. The maximum Gasteiger partial charge on any atom is 0.146 e. The van der Waals surface area contributed by atoms with Crippen LogP contribution in [0.4, 0.5) is 0 Å². The molecule has 2 aromatic heterocycles. The third-order valence-electron chi connectivity index (χ3n) is 4.25. The largest absolute Gasteiger partial charge is 0.494 e. The van der Waals surface area contributed by atoms with E-state index in [-0.39, 0.29) is 0 Å². The predicted octanol–water partition coefficient (Wildman–Crippen LogP) is 4.76. The van der Waals surface area contributed by atoms with Gasteiger partial charge in [0.15, 0.2) is 0 Å². The number of methoxy groups -OCH3 is 1. The van der Waals surface area contributed by atoms with Crippen molar-refractivity contribution in [1.82, 2.24) is 9.97 Å². The molecule has 0 bridgehead atoms. The summed E-state index contributed by atoms with van der Waals surface area (Å²) in [6.07, 6.45) is 10.8. The maximum atomic E-state index is 5.52. The van der Waals surface area contributed by atoms with Gasteiger partial charge < -0.3 is 14.7 Å². The number of nitrogens with zero attached hydrogens (tertiary/aromatic N) is 1. The lowest BCUT2D eigenvalue weighted by Crippen LogP contribution is -1.93. The van der Waals surface area contributed by atoms with Gasteiger partial charge in [0.25, 0.3) is 0 Å². The Morgan fingerprint density at radius 3 is 2.88 bits per heavy atom. The molecule has 4 nitrogen and oxygen atoms in total. The van der Waals surface area contributed by atoms with E-state index in [9.17, 15) is 0 Å². The number of nitrogens with one attached hydrogen (secondary N) is 2. The minimum absolute atomic E-state index is 0.798. The number of rotatable bonds is 7. The van der Waals surface area contributed by atoms with E-state index < -0.39 is 0 Å². The number of aromatic nitrogens is 2. The Labute approximate surface area is 143 Å². The standard InChI is InChI=1S/C20H25N3O/c1-4-5-6-8-15-11-14(2)22-17(15)12-19-20(24-3)13-18(23-19)16-9-7-10-21-16/h7,9-13,21-22H,4-6,8H2,1-3H3/b19-12-. The molecule has 0 radical (unpaired) electrons. The van der Waals surface area contributed by atoms with E-state index in [4.69, 9.17) is 9.73 Å². The van der Waals surface area contributed by atoms with E-state index in [1.54, 1.807) is 7.11 Å². The highest BCUT2D eigenvalue weighted by Gasteiger charge is 2.18. The van der Waals surface area contributed by atoms with Gasteiger partial charge in [0.1, 0.15) is 11.5 Å². The second-order valence-corrected chi connectivity index (χ2v) is 6.17. The van der Waals surface area contributed by atoms with Crippen LogP contribution in [0.25, 0.3) is 6.08 Å². The van der Waals surface area contributed by atoms with Gasteiger partial charge in [-0.3, -0.25) is 0 Å². The molecule has 3 heterocycles. The number of aliphatic imine (C=N–C) groups is 1. The first kappa shape index (κ1) is 16.4. The van der Waals surface area contributed by atoms with E-state index in [0.29, 0.717) is 0 Å². The van der Waals surface area contributed by atoms with Crippen molar-refractivity contribution in [1.29, 1.82) is 0 Å². The first-order valence-electron chi connectivity index (χ1n) is 8.60. The van der Waals surface area contributed by atoms with Crippen LogP contribution in [0.15, 0.2) is 46.9 Å².